The van der Waals surface area contributed by atoms with Crippen LogP contribution in [0.25, 0.3) is 0 Å². The van der Waals surface area contributed by atoms with Crippen LogP contribution in [0.5, 0.6) is 0 Å². The van der Waals surface area contributed by atoms with Crippen molar-refractivity contribution in [3.05, 3.63) is 0 Å². The van der Waals surface area contributed by atoms with E-state index >= 15 is 0 Å². The maximum Gasteiger partial charge on any atom is 0.226 e. The third kappa shape index (κ3) is 2.00. The number of amides is 1. The van der Waals surface area contributed by atoms with Gasteiger partial charge in [0.25, 0.3) is 0 Å². The van der Waals surface area contributed by atoms with Gasteiger partial charge in [0.05, 0.1) is 0 Å². The fraction of sp³-hybridized carbons (Fsp3) is 0.933. The first-order chi connectivity index (χ1) is 8.22. The van der Waals surface area contributed by atoms with Gasteiger partial charge in [-0.15, -0.1) is 0 Å². The highest BCUT2D eigenvalue weighted by molar-refractivity contribution is 5.83. The van der Waals surface area contributed by atoms with Gasteiger partial charge >= 0.3 is 0 Å². The first-order valence-corrected chi connectivity index (χ1v) is 7.50. The Balaban J connectivity index is 1.79. The van der Waals surface area contributed by atoms with Crippen LogP contribution in [0.2, 0.25) is 0 Å². The molecule has 0 radical (unpaired) electrons. The Morgan fingerprint density at radius 2 is 1.71 bits per heavy atom. The molecule has 4 aliphatic rings. The van der Waals surface area contributed by atoms with Crippen molar-refractivity contribution in [3.63, 3.8) is 0 Å². The number of carbonyl (C=O) groups excluding carboxylic acids is 1. The standard InChI is InChI=1S/C15H25NO/c1-2-5-16-14(17)15-8-11-3-4-12(9-15)7-13(6-11)10-15/h11-13H,2-10H2,1H3,(H,16,17). The van der Waals surface area contributed by atoms with Crippen molar-refractivity contribution in [2.45, 2.75) is 58.3 Å². The third-order valence-electron chi connectivity index (χ3n) is 5.37. The Labute approximate surface area is 105 Å². The largest absolute Gasteiger partial charge is 0.356 e. The molecule has 96 valence electrons. The monoisotopic (exact) mass is 235 g/mol. The molecule has 0 heterocycles. The maximum absolute atomic E-state index is 12.5. The van der Waals surface area contributed by atoms with E-state index in [9.17, 15) is 4.79 Å². The molecule has 4 bridgehead atoms. The summed E-state index contributed by atoms with van der Waals surface area (Å²) < 4.78 is 0. The lowest BCUT2D eigenvalue weighted by Gasteiger charge is -2.47. The van der Waals surface area contributed by atoms with Gasteiger partial charge in [0, 0.05) is 12.0 Å². The van der Waals surface area contributed by atoms with Crippen LogP contribution >= 0.6 is 0 Å². The summed E-state index contributed by atoms with van der Waals surface area (Å²) in [7, 11) is 0. The van der Waals surface area contributed by atoms with Gasteiger partial charge in [-0.05, 0) is 56.3 Å². The van der Waals surface area contributed by atoms with E-state index in [1.54, 1.807) is 0 Å². The zero-order valence-electron chi connectivity index (χ0n) is 11.0. The predicted molar refractivity (Wildman–Crippen MR) is 68.5 cm³/mol. The average molecular weight is 235 g/mol. The molecule has 4 rings (SSSR count). The predicted octanol–water partition coefficient (Wildman–Crippen LogP) is 3.12. The summed E-state index contributed by atoms with van der Waals surface area (Å²) in [4.78, 5) is 12.5. The topological polar surface area (TPSA) is 29.1 Å². The van der Waals surface area contributed by atoms with E-state index < -0.39 is 0 Å². The van der Waals surface area contributed by atoms with Gasteiger partial charge in [0.2, 0.25) is 5.91 Å². The quantitative estimate of drug-likeness (QED) is 0.800. The highest BCUT2D eigenvalue weighted by Crippen LogP contribution is 2.57. The van der Waals surface area contributed by atoms with E-state index in [1.165, 1.54) is 44.9 Å². The van der Waals surface area contributed by atoms with E-state index in [1.807, 2.05) is 0 Å². The summed E-state index contributed by atoms with van der Waals surface area (Å²) >= 11 is 0. The highest BCUT2D eigenvalue weighted by atomic mass is 16.2. The fourth-order valence-electron chi connectivity index (χ4n) is 4.90. The SMILES string of the molecule is CCCNC(=O)C12CC3CCC(CC(C3)C1)C2. The number of nitrogens with one attached hydrogen (secondary N) is 1. The van der Waals surface area contributed by atoms with Gasteiger partial charge in [-0.3, -0.25) is 4.79 Å². The maximum atomic E-state index is 12.5. The van der Waals surface area contributed by atoms with Gasteiger partial charge in [-0.25, -0.2) is 0 Å². The summed E-state index contributed by atoms with van der Waals surface area (Å²) in [5.74, 6) is 2.96. The van der Waals surface area contributed by atoms with E-state index in [0.29, 0.717) is 5.91 Å². The normalized spacial score (nSPS) is 43.5. The summed E-state index contributed by atoms with van der Waals surface area (Å²) in [6.07, 6.45) is 10.2. The minimum atomic E-state index is 0.0438. The first-order valence-electron chi connectivity index (χ1n) is 7.50. The van der Waals surface area contributed by atoms with E-state index in [2.05, 4.69) is 12.2 Å². The van der Waals surface area contributed by atoms with Gasteiger partial charge in [0.1, 0.15) is 0 Å². The fourth-order valence-corrected chi connectivity index (χ4v) is 4.90. The Hall–Kier alpha value is -0.530. The molecule has 2 nitrogen and oxygen atoms in total. The smallest absolute Gasteiger partial charge is 0.226 e. The number of carbonyl (C=O) groups is 1. The van der Waals surface area contributed by atoms with Crippen LogP contribution in [-0.4, -0.2) is 12.5 Å². The van der Waals surface area contributed by atoms with Crippen molar-refractivity contribution in [3.8, 4) is 0 Å². The Morgan fingerprint density at radius 1 is 1.12 bits per heavy atom. The third-order valence-corrected chi connectivity index (χ3v) is 5.37. The van der Waals surface area contributed by atoms with Crippen molar-refractivity contribution in [2.24, 2.45) is 23.2 Å². The van der Waals surface area contributed by atoms with Crippen molar-refractivity contribution in [1.29, 1.82) is 0 Å². The molecule has 2 unspecified atom stereocenters. The molecule has 0 aromatic heterocycles. The number of hydrogen-bond donors (Lipinski definition) is 1. The van der Waals surface area contributed by atoms with Crippen molar-refractivity contribution < 1.29 is 4.79 Å². The lowest BCUT2D eigenvalue weighted by molar-refractivity contribution is -0.138. The molecule has 1 amide bonds. The molecule has 2 atom stereocenters. The summed E-state index contributed by atoms with van der Waals surface area (Å²) in [5, 5.41) is 3.18. The second kappa shape index (κ2) is 4.29. The molecule has 0 aliphatic heterocycles. The van der Waals surface area contributed by atoms with Crippen LogP contribution in [-0.2, 0) is 4.79 Å². The molecule has 0 saturated heterocycles. The Kier molecular flexibility index (Phi) is 2.92. The van der Waals surface area contributed by atoms with E-state index in [-0.39, 0.29) is 5.41 Å². The minimum Gasteiger partial charge on any atom is -0.356 e. The second-order valence-corrected chi connectivity index (χ2v) is 6.80. The number of hydrogen-bond acceptors (Lipinski definition) is 1. The van der Waals surface area contributed by atoms with Crippen LogP contribution in [0.3, 0.4) is 0 Å². The van der Waals surface area contributed by atoms with Crippen molar-refractivity contribution in [1.82, 2.24) is 5.32 Å². The first kappa shape index (κ1) is 11.6. The van der Waals surface area contributed by atoms with Crippen LogP contribution in [0.15, 0.2) is 0 Å². The molecule has 0 spiro atoms. The number of rotatable bonds is 3. The van der Waals surface area contributed by atoms with Gasteiger partial charge in [-0.2, -0.15) is 0 Å². The van der Waals surface area contributed by atoms with Crippen molar-refractivity contribution in [2.75, 3.05) is 6.54 Å². The summed E-state index contributed by atoms with van der Waals surface area (Å²) in [6.45, 7) is 2.99. The summed E-state index contributed by atoms with van der Waals surface area (Å²) in [6, 6.07) is 0. The zero-order valence-corrected chi connectivity index (χ0v) is 11.0. The van der Waals surface area contributed by atoms with Gasteiger partial charge in [0.15, 0.2) is 0 Å². The van der Waals surface area contributed by atoms with Crippen LogP contribution in [0, 0.1) is 23.2 Å². The molecular formula is C15H25NO. The lowest BCUT2D eigenvalue weighted by atomic mass is 9.58. The molecule has 0 aromatic rings. The minimum absolute atomic E-state index is 0.0438. The molecule has 0 aromatic carbocycles. The lowest BCUT2D eigenvalue weighted by Crippen LogP contribution is -2.48. The van der Waals surface area contributed by atoms with Gasteiger partial charge < -0.3 is 5.32 Å². The van der Waals surface area contributed by atoms with Gasteiger partial charge in [-0.1, -0.05) is 19.8 Å². The summed E-state index contributed by atoms with van der Waals surface area (Å²) in [5.41, 5.74) is 0.0438. The molecule has 2 heteroatoms. The zero-order chi connectivity index (χ0) is 11.9. The van der Waals surface area contributed by atoms with E-state index in [4.69, 9.17) is 0 Å². The molecule has 4 fully saturated rings. The van der Waals surface area contributed by atoms with Crippen LogP contribution < -0.4 is 5.32 Å². The second-order valence-electron chi connectivity index (χ2n) is 6.80. The van der Waals surface area contributed by atoms with Crippen LogP contribution in [0.4, 0.5) is 0 Å². The molecule has 4 saturated carbocycles. The molecule has 1 N–H and O–H groups in total. The molecule has 4 aliphatic carbocycles. The van der Waals surface area contributed by atoms with E-state index in [0.717, 1.165) is 30.7 Å². The molecule has 17 heavy (non-hydrogen) atoms. The van der Waals surface area contributed by atoms with Crippen molar-refractivity contribution >= 4 is 5.91 Å². The average Bonchev–Trinajstić information content (AvgIpc) is 2.53. The van der Waals surface area contributed by atoms with Crippen LogP contribution in [0.1, 0.15) is 58.3 Å². The number of fused-ring (bicyclic) bond motifs is 1. The molecular weight excluding hydrogens is 210 g/mol. The Morgan fingerprint density at radius 3 is 2.29 bits per heavy atom. The Bertz CT molecular complexity index is 296. The highest BCUT2D eigenvalue weighted by Gasteiger charge is 2.52.